The number of hydrogen-bond donors (Lipinski definition) is 1. The molecule has 7 nitrogen and oxygen atoms in total. The lowest BCUT2D eigenvalue weighted by molar-refractivity contribution is 0.349. The summed E-state index contributed by atoms with van der Waals surface area (Å²) in [4.78, 5) is 0.176. The molecule has 1 aromatic heterocycles. The monoisotopic (exact) mass is 386 g/mol. The van der Waals surface area contributed by atoms with E-state index in [0.29, 0.717) is 31.1 Å². The molecule has 0 bridgehead atoms. The van der Waals surface area contributed by atoms with Gasteiger partial charge in [-0.15, -0.1) is 12.4 Å². The zero-order valence-electron chi connectivity index (χ0n) is 14.3. The van der Waals surface area contributed by atoms with Crippen LogP contribution in [0.3, 0.4) is 0 Å². The molecule has 1 unspecified atom stereocenters. The summed E-state index contributed by atoms with van der Waals surface area (Å²) < 4.78 is 34.0. The van der Waals surface area contributed by atoms with E-state index < -0.39 is 10.0 Å². The molecule has 0 radical (unpaired) electrons. The van der Waals surface area contributed by atoms with Crippen molar-refractivity contribution < 1.29 is 13.2 Å². The number of aromatic nitrogens is 2. The van der Waals surface area contributed by atoms with E-state index in [1.54, 1.807) is 13.2 Å². The first-order valence-electron chi connectivity index (χ1n) is 7.78. The van der Waals surface area contributed by atoms with Crippen LogP contribution in [0.4, 0.5) is 0 Å². The Balaban J connectivity index is 0.00000225. The molecule has 0 aliphatic carbocycles. The van der Waals surface area contributed by atoms with Crippen LogP contribution in [0.15, 0.2) is 41.6 Å². The van der Waals surface area contributed by atoms with Crippen molar-refractivity contribution in [2.75, 3.05) is 26.7 Å². The van der Waals surface area contributed by atoms with E-state index in [2.05, 4.69) is 5.10 Å². The predicted molar refractivity (Wildman–Crippen MR) is 97.9 cm³/mol. The fourth-order valence-corrected chi connectivity index (χ4v) is 4.41. The number of rotatable bonds is 5. The minimum Gasteiger partial charge on any atom is -0.494 e. The molecule has 1 atom stereocenters. The van der Waals surface area contributed by atoms with Crippen molar-refractivity contribution in [2.24, 2.45) is 11.1 Å². The number of para-hydroxylation sites is 2. The molecule has 3 rings (SSSR count). The Morgan fingerprint density at radius 2 is 2.08 bits per heavy atom. The maximum absolute atomic E-state index is 12.8. The van der Waals surface area contributed by atoms with Crippen molar-refractivity contribution in [2.45, 2.75) is 18.2 Å². The molecule has 0 spiro atoms. The largest absolute Gasteiger partial charge is 0.494 e. The van der Waals surface area contributed by atoms with Gasteiger partial charge in [0.05, 0.1) is 19.5 Å². The molecule has 0 saturated carbocycles. The highest BCUT2D eigenvalue weighted by Crippen LogP contribution is 2.32. The smallest absolute Gasteiger partial charge is 0.246 e. The first kappa shape index (κ1) is 19.7. The van der Waals surface area contributed by atoms with Gasteiger partial charge in [0.15, 0.2) is 0 Å². The van der Waals surface area contributed by atoms with E-state index in [0.717, 1.165) is 6.42 Å². The molecule has 25 heavy (non-hydrogen) atoms. The van der Waals surface area contributed by atoms with Crippen LogP contribution in [0.25, 0.3) is 5.69 Å². The summed E-state index contributed by atoms with van der Waals surface area (Å²) in [5, 5.41) is 4.20. The van der Waals surface area contributed by atoms with Gasteiger partial charge in [0.1, 0.15) is 16.3 Å². The molecule has 1 aromatic carbocycles. The normalized spacial score (nSPS) is 21.1. The van der Waals surface area contributed by atoms with Crippen molar-refractivity contribution in [3.8, 4) is 11.4 Å². The fraction of sp³-hybridized carbons (Fsp3) is 0.438. The van der Waals surface area contributed by atoms with Gasteiger partial charge >= 0.3 is 0 Å². The van der Waals surface area contributed by atoms with Crippen LogP contribution in [-0.2, 0) is 10.0 Å². The van der Waals surface area contributed by atoms with Gasteiger partial charge in [-0.05, 0) is 30.5 Å². The van der Waals surface area contributed by atoms with E-state index in [-0.39, 0.29) is 22.7 Å². The molecule has 1 fully saturated rings. The Morgan fingerprint density at radius 1 is 1.36 bits per heavy atom. The number of nitrogens with two attached hydrogens (primary N) is 1. The summed E-state index contributed by atoms with van der Waals surface area (Å²) in [6.45, 7) is 3.40. The quantitative estimate of drug-likeness (QED) is 0.843. The molecule has 138 valence electrons. The summed E-state index contributed by atoms with van der Waals surface area (Å²) >= 11 is 0. The highest BCUT2D eigenvalue weighted by Gasteiger charge is 2.39. The Labute approximate surface area is 154 Å². The standard InChI is InChI=1S/C16H22N4O3S.ClH/c1-16(11-17)7-8-19(12-16)24(21,22)13-9-18-20(10-13)14-5-3-4-6-15(14)23-2;/h3-6,9-10H,7-8,11-12,17H2,1-2H3;1H. The number of methoxy groups -OCH3 is 1. The van der Waals surface area contributed by atoms with Gasteiger partial charge in [-0.25, -0.2) is 13.1 Å². The third-order valence-electron chi connectivity index (χ3n) is 4.54. The van der Waals surface area contributed by atoms with E-state index in [1.165, 1.54) is 21.4 Å². The van der Waals surface area contributed by atoms with E-state index in [4.69, 9.17) is 10.5 Å². The molecule has 2 N–H and O–H groups in total. The number of hydrogen-bond acceptors (Lipinski definition) is 5. The van der Waals surface area contributed by atoms with Gasteiger partial charge in [-0.1, -0.05) is 19.1 Å². The average Bonchev–Trinajstić information content (AvgIpc) is 3.23. The predicted octanol–water partition coefficient (Wildman–Crippen LogP) is 1.66. The SMILES string of the molecule is COc1ccccc1-n1cc(S(=O)(=O)N2CCC(C)(CN)C2)cn1.Cl. The van der Waals surface area contributed by atoms with Crippen LogP contribution in [0.2, 0.25) is 0 Å². The first-order valence-corrected chi connectivity index (χ1v) is 9.22. The maximum Gasteiger partial charge on any atom is 0.246 e. The van der Waals surface area contributed by atoms with Gasteiger partial charge in [0.25, 0.3) is 0 Å². The summed E-state index contributed by atoms with van der Waals surface area (Å²) in [7, 11) is -2.01. The topological polar surface area (TPSA) is 90.5 Å². The van der Waals surface area contributed by atoms with Crippen molar-refractivity contribution in [1.29, 1.82) is 0 Å². The molecular weight excluding hydrogens is 364 g/mol. The minimum atomic E-state index is -3.57. The molecular formula is C16H23ClN4O3S. The Morgan fingerprint density at radius 3 is 2.72 bits per heavy atom. The second-order valence-electron chi connectivity index (χ2n) is 6.40. The number of halogens is 1. The third kappa shape index (κ3) is 3.67. The van der Waals surface area contributed by atoms with Gasteiger partial charge in [-0.3, -0.25) is 0 Å². The lowest BCUT2D eigenvalue weighted by atomic mass is 9.90. The van der Waals surface area contributed by atoms with Gasteiger partial charge in [0, 0.05) is 13.1 Å². The first-order chi connectivity index (χ1) is 11.4. The molecule has 9 heteroatoms. The summed E-state index contributed by atoms with van der Waals surface area (Å²) in [5.74, 6) is 0.626. The lowest BCUT2D eigenvalue weighted by Crippen LogP contribution is -2.34. The molecule has 2 heterocycles. The Hall–Kier alpha value is -1.61. The van der Waals surface area contributed by atoms with Crippen LogP contribution in [0.1, 0.15) is 13.3 Å². The maximum atomic E-state index is 12.8. The highest BCUT2D eigenvalue weighted by atomic mass is 35.5. The fourth-order valence-electron chi connectivity index (χ4n) is 2.89. The number of sulfonamides is 1. The zero-order valence-corrected chi connectivity index (χ0v) is 15.9. The molecule has 0 amide bonds. The molecule has 1 saturated heterocycles. The van der Waals surface area contributed by atoms with Gasteiger partial charge in [-0.2, -0.15) is 9.40 Å². The molecule has 1 aliphatic heterocycles. The van der Waals surface area contributed by atoms with Gasteiger partial charge < -0.3 is 10.5 Å². The minimum absolute atomic E-state index is 0. The summed E-state index contributed by atoms with van der Waals surface area (Å²) in [6, 6.07) is 7.32. The summed E-state index contributed by atoms with van der Waals surface area (Å²) in [6.07, 6.45) is 3.66. The molecule has 2 aromatic rings. The Bertz CT molecular complexity index is 839. The van der Waals surface area contributed by atoms with E-state index >= 15 is 0 Å². The third-order valence-corrected chi connectivity index (χ3v) is 6.34. The second kappa shape index (κ2) is 7.33. The lowest BCUT2D eigenvalue weighted by Gasteiger charge is -2.21. The Kier molecular flexibility index (Phi) is 5.78. The van der Waals surface area contributed by atoms with E-state index in [9.17, 15) is 8.42 Å². The molecule has 1 aliphatic rings. The van der Waals surface area contributed by atoms with Crippen LogP contribution < -0.4 is 10.5 Å². The van der Waals surface area contributed by atoms with Gasteiger partial charge in [0.2, 0.25) is 10.0 Å². The van der Waals surface area contributed by atoms with E-state index in [1.807, 2.05) is 25.1 Å². The van der Waals surface area contributed by atoms with Crippen LogP contribution in [0.5, 0.6) is 5.75 Å². The summed E-state index contributed by atoms with van der Waals surface area (Å²) in [5.41, 5.74) is 6.30. The average molecular weight is 387 g/mol. The van der Waals surface area contributed by atoms with Crippen molar-refractivity contribution >= 4 is 22.4 Å². The number of nitrogens with zero attached hydrogens (tertiary/aromatic N) is 3. The number of ether oxygens (including phenoxy) is 1. The van der Waals surface area contributed by atoms with Crippen LogP contribution in [0, 0.1) is 5.41 Å². The van der Waals surface area contributed by atoms with Crippen molar-refractivity contribution in [3.05, 3.63) is 36.7 Å². The zero-order chi connectivity index (χ0) is 17.4. The van der Waals surface area contributed by atoms with Crippen molar-refractivity contribution in [3.63, 3.8) is 0 Å². The van der Waals surface area contributed by atoms with Crippen LogP contribution in [-0.4, -0.2) is 49.2 Å². The highest BCUT2D eigenvalue weighted by molar-refractivity contribution is 7.89. The number of benzene rings is 1. The van der Waals surface area contributed by atoms with Crippen LogP contribution >= 0.6 is 12.4 Å². The second-order valence-corrected chi connectivity index (χ2v) is 8.33. The van der Waals surface area contributed by atoms with Crippen molar-refractivity contribution in [1.82, 2.24) is 14.1 Å².